The number of rotatable bonds is 9. The van der Waals surface area contributed by atoms with Crippen LogP contribution in [0.2, 0.25) is 0 Å². The molecular formula is C21H29NO6. The van der Waals surface area contributed by atoms with Gasteiger partial charge in [0.15, 0.2) is 6.10 Å². The fraction of sp³-hybridized carbons (Fsp3) is 0.571. The van der Waals surface area contributed by atoms with Crippen molar-refractivity contribution in [3.8, 4) is 0 Å². The number of carbonyl (C=O) groups excluding carboxylic acids is 1. The Morgan fingerprint density at radius 2 is 2.14 bits per heavy atom. The van der Waals surface area contributed by atoms with Crippen molar-refractivity contribution in [2.45, 2.75) is 44.2 Å². The maximum atomic E-state index is 12.5. The van der Waals surface area contributed by atoms with Gasteiger partial charge in [-0.2, -0.15) is 5.06 Å². The summed E-state index contributed by atoms with van der Waals surface area (Å²) in [7, 11) is 0. The van der Waals surface area contributed by atoms with Crippen LogP contribution in [0.1, 0.15) is 25.5 Å². The summed E-state index contributed by atoms with van der Waals surface area (Å²) >= 11 is 0. The summed E-state index contributed by atoms with van der Waals surface area (Å²) in [6, 6.07) is 8.90. The number of aliphatic hydroxyl groups is 1. The van der Waals surface area contributed by atoms with E-state index in [0.29, 0.717) is 13.2 Å². The highest BCUT2D eigenvalue weighted by molar-refractivity contribution is 5.75. The van der Waals surface area contributed by atoms with Crippen LogP contribution in [0.15, 0.2) is 43.0 Å². The summed E-state index contributed by atoms with van der Waals surface area (Å²) < 4.78 is 16.8. The van der Waals surface area contributed by atoms with Crippen molar-refractivity contribution in [3.63, 3.8) is 0 Å². The molecule has 0 saturated carbocycles. The maximum absolute atomic E-state index is 12.5. The van der Waals surface area contributed by atoms with Crippen molar-refractivity contribution in [3.05, 3.63) is 48.6 Å². The minimum Gasteiger partial charge on any atom is -0.464 e. The molecule has 28 heavy (non-hydrogen) atoms. The lowest BCUT2D eigenvalue weighted by molar-refractivity contribution is -0.210. The molecule has 0 bridgehead atoms. The topological polar surface area (TPSA) is 77.5 Å². The summed E-state index contributed by atoms with van der Waals surface area (Å²) in [4.78, 5) is 18.4. The SMILES string of the molecule is C=CCO[C@@H](C(=O)OCC)[C@H]1OC[C@@H]2CON([C@@H](C)[C@H](O)c3ccccc3)[C@@H]21. The van der Waals surface area contributed by atoms with Crippen LogP contribution in [0, 0.1) is 5.92 Å². The summed E-state index contributed by atoms with van der Waals surface area (Å²) in [6.45, 7) is 8.72. The van der Waals surface area contributed by atoms with E-state index in [1.165, 1.54) is 0 Å². The summed E-state index contributed by atoms with van der Waals surface area (Å²) in [5, 5.41) is 12.6. The van der Waals surface area contributed by atoms with Crippen LogP contribution >= 0.6 is 0 Å². The molecule has 6 atom stereocenters. The minimum absolute atomic E-state index is 0.0969. The molecule has 3 rings (SSSR count). The lowest BCUT2D eigenvalue weighted by Crippen LogP contribution is -2.52. The molecule has 1 N–H and O–H groups in total. The number of benzene rings is 1. The first-order valence-electron chi connectivity index (χ1n) is 9.73. The number of hydrogen-bond acceptors (Lipinski definition) is 7. The molecule has 2 fully saturated rings. The van der Waals surface area contributed by atoms with E-state index < -0.39 is 24.3 Å². The Morgan fingerprint density at radius 1 is 1.39 bits per heavy atom. The molecular weight excluding hydrogens is 362 g/mol. The molecule has 2 heterocycles. The third-order valence-electron chi connectivity index (χ3n) is 5.26. The second-order valence-electron chi connectivity index (χ2n) is 7.10. The van der Waals surface area contributed by atoms with Crippen molar-refractivity contribution in [1.29, 1.82) is 0 Å². The van der Waals surface area contributed by atoms with Crippen LogP contribution in [0.4, 0.5) is 0 Å². The normalized spacial score (nSPS) is 27.8. The predicted molar refractivity (Wildman–Crippen MR) is 102 cm³/mol. The van der Waals surface area contributed by atoms with E-state index in [0.717, 1.165) is 5.56 Å². The fourth-order valence-corrected chi connectivity index (χ4v) is 3.88. The molecule has 1 aromatic rings. The lowest BCUT2D eigenvalue weighted by atomic mass is 9.94. The van der Waals surface area contributed by atoms with Crippen LogP contribution in [-0.2, 0) is 23.8 Å². The number of hydrogen-bond donors (Lipinski definition) is 1. The van der Waals surface area contributed by atoms with Crippen LogP contribution in [-0.4, -0.2) is 66.9 Å². The minimum atomic E-state index is -0.877. The van der Waals surface area contributed by atoms with Gasteiger partial charge in [0, 0.05) is 5.92 Å². The second-order valence-corrected chi connectivity index (χ2v) is 7.10. The maximum Gasteiger partial charge on any atom is 0.338 e. The van der Waals surface area contributed by atoms with Gasteiger partial charge in [0.2, 0.25) is 0 Å². The van der Waals surface area contributed by atoms with Crippen LogP contribution in [0.25, 0.3) is 0 Å². The zero-order valence-corrected chi connectivity index (χ0v) is 16.4. The van der Waals surface area contributed by atoms with Crippen LogP contribution in [0.5, 0.6) is 0 Å². The van der Waals surface area contributed by atoms with Gasteiger partial charge in [0.1, 0.15) is 6.10 Å². The molecule has 2 aliphatic rings. The summed E-state index contributed by atoms with van der Waals surface area (Å²) in [5.74, 6) is -0.363. The van der Waals surface area contributed by atoms with Crippen LogP contribution < -0.4 is 0 Å². The van der Waals surface area contributed by atoms with Crippen molar-refractivity contribution in [2.24, 2.45) is 5.92 Å². The van der Waals surface area contributed by atoms with Gasteiger partial charge in [-0.15, -0.1) is 6.58 Å². The Balaban J connectivity index is 1.79. The molecule has 7 nitrogen and oxygen atoms in total. The number of carbonyl (C=O) groups is 1. The predicted octanol–water partition coefficient (Wildman–Crippen LogP) is 1.87. The van der Waals surface area contributed by atoms with Crippen molar-refractivity contribution in [2.75, 3.05) is 26.4 Å². The van der Waals surface area contributed by atoms with Gasteiger partial charge < -0.3 is 19.3 Å². The molecule has 154 valence electrons. The molecule has 1 aromatic carbocycles. The Hall–Kier alpha value is -1.77. The van der Waals surface area contributed by atoms with Crippen molar-refractivity contribution in [1.82, 2.24) is 5.06 Å². The molecule has 2 saturated heterocycles. The average molecular weight is 391 g/mol. The first-order chi connectivity index (χ1) is 13.6. The molecule has 0 spiro atoms. The average Bonchev–Trinajstić information content (AvgIpc) is 3.31. The Kier molecular flexibility index (Phi) is 7.20. The molecule has 0 unspecified atom stereocenters. The zero-order valence-electron chi connectivity index (χ0n) is 16.4. The van der Waals surface area contributed by atoms with Crippen LogP contribution in [0.3, 0.4) is 0 Å². The fourth-order valence-electron chi connectivity index (χ4n) is 3.88. The standard InChI is InChI=1S/C21H29NO6/c1-4-11-26-20(21(24)25-5-2)19-17-16(12-27-19)13-28-22(17)14(3)18(23)15-9-7-6-8-10-15/h4,6-10,14,16-20,23H,1,5,11-13H2,2-3H3/t14-,16+,17-,18-,19-,20+/m0/s1. The second kappa shape index (κ2) is 9.62. The highest BCUT2D eigenvalue weighted by Gasteiger charge is 2.54. The van der Waals surface area contributed by atoms with Gasteiger partial charge in [-0.1, -0.05) is 36.4 Å². The van der Waals surface area contributed by atoms with E-state index in [1.807, 2.05) is 37.3 Å². The molecule has 2 aliphatic heterocycles. The first-order valence-corrected chi connectivity index (χ1v) is 9.73. The quantitative estimate of drug-likeness (QED) is 0.509. The largest absolute Gasteiger partial charge is 0.464 e. The third kappa shape index (κ3) is 4.29. The number of aliphatic hydroxyl groups excluding tert-OH is 1. The molecule has 0 aromatic heterocycles. The Morgan fingerprint density at radius 3 is 2.82 bits per heavy atom. The lowest BCUT2D eigenvalue weighted by Gasteiger charge is -2.35. The first kappa shape index (κ1) is 21.0. The van der Waals surface area contributed by atoms with Gasteiger partial charge in [-0.25, -0.2) is 4.79 Å². The summed E-state index contributed by atoms with van der Waals surface area (Å²) in [5.41, 5.74) is 0.808. The zero-order chi connectivity index (χ0) is 20.1. The molecule has 0 radical (unpaired) electrons. The van der Waals surface area contributed by atoms with Gasteiger partial charge in [-0.3, -0.25) is 4.84 Å². The van der Waals surface area contributed by atoms with E-state index in [2.05, 4.69) is 6.58 Å². The van der Waals surface area contributed by atoms with Gasteiger partial charge >= 0.3 is 5.97 Å². The van der Waals surface area contributed by atoms with Crippen molar-refractivity contribution < 1.29 is 28.9 Å². The smallest absolute Gasteiger partial charge is 0.338 e. The van der Waals surface area contributed by atoms with Crippen molar-refractivity contribution >= 4 is 5.97 Å². The number of hydroxylamine groups is 2. The van der Waals surface area contributed by atoms with E-state index in [9.17, 15) is 9.90 Å². The highest BCUT2D eigenvalue weighted by Crippen LogP contribution is 2.38. The van der Waals surface area contributed by atoms with Gasteiger partial charge in [0.05, 0.1) is 44.6 Å². The van der Waals surface area contributed by atoms with E-state index >= 15 is 0 Å². The van der Waals surface area contributed by atoms with E-state index in [4.69, 9.17) is 19.0 Å². The Labute approximate surface area is 165 Å². The number of esters is 1. The van der Waals surface area contributed by atoms with E-state index in [-0.39, 0.29) is 31.2 Å². The summed E-state index contributed by atoms with van der Waals surface area (Å²) in [6.07, 6.45) is -0.574. The highest BCUT2D eigenvalue weighted by atomic mass is 16.7. The monoisotopic (exact) mass is 391 g/mol. The number of ether oxygens (including phenoxy) is 3. The number of nitrogens with zero attached hydrogens (tertiary/aromatic N) is 1. The molecule has 0 aliphatic carbocycles. The Bertz CT molecular complexity index is 654. The van der Waals surface area contributed by atoms with Gasteiger partial charge in [-0.05, 0) is 19.4 Å². The van der Waals surface area contributed by atoms with E-state index in [1.54, 1.807) is 18.1 Å². The van der Waals surface area contributed by atoms with Gasteiger partial charge in [0.25, 0.3) is 0 Å². The number of fused-ring (bicyclic) bond motifs is 1. The third-order valence-corrected chi connectivity index (χ3v) is 5.26. The molecule has 0 amide bonds. The molecule has 7 heteroatoms.